The van der Waals surface area contributed by atoms with Crippen LogP contribution in [-0.4, -0.2) is 0 Å². The zero-order valence-electron chi connectivity index (χ0n) is 65.4. The minimum atomic E-state index is 1.05. The lowest BCUT2D eigenvalue weighted by molar-refractivity contribution is 0.986. The Kier molecular flexibility index (Phi) is 22.5. The van der Waals surface area contributed by atoms with Crippen LogP contribution in [0.1, 0.15) is 77.6 Å². The minimum Gasteiger partial charge on any atom is -0.310 e. The molecule has 550 valence electrons. The lowest BCUT2D eigenvalue weighted by Crippen LogP contribution is -2.10. The number of hydrogen-bond acceptors (Lipinski definition) is 2. The number of rotatable bonds is 20. The van der Waals surface area contributed by atoms with E-state index in [1.165, 1.54) is 128 Å². The Morgan fingerprint density at radius 3 is 1.25 bits per heavy atom. The predicted octanol–water partition coefficient (Wildman–Crippen LogP) is 31.9. The fraction of sp³-hybridized carbons (Fsp3) is 0.0714. The molecular formula is C112H92N2. The second kappa shape index (κ2) is 34.6. The molecule has 0 radical (unpaired) electrons. The van der Waals surface area contributed by atoms with Crippen LogP contribution in [0.25, 0.3) is 129 Å². The molecular weight excluding hydrogens is 1370 g/mol. The van der Waals surface area contributed by atoms with Crippen molar-refractivity contribution in [3.05, 3.63) is 452 Å². The van der Waals surface area contributed by atoms with Crippen molar-refractivity contribution in [3.8, 4) is 89.0 Å². The Morgan fingerprint density at radius 2 is 0.746 bits per heavy atom. The average Bonchev–Trinajstić information content (AvgIpc) is 0.775. The molecule has 0 aromatic heterocycles. The zero-order valence-corrected chi connectivity index (χ0v) is 65.4. The molecule has 114 heavy (non-hydrogen) atoms. The lowest BCUT2D eigenvalue weighted by Gasteiger charge is -2.27. The van der Waals surface area contributed by atoms with E-state index in [4.69, 9.17) is 0 Å². The summed E-state index contributed by atoms with van der Waals surface area (Å²) in [5.74, 6) is 0. The summed E-state index contributed by atoms with van der Waals surface area (Å²) in [6.45, 7) is 16.4. The first kappa shape index (κ1) is 74.2. The second-order valence-corrected chi connectivity index (χ2v) is 29.5. The predicted molar refractivity (Wildman–Crippen MR) is 494 cm³/mol. The number of allylic oxidation sites excluding steroid dienone is 11. The van der Waals surface area contributed by atoms with E-state index in [-0.39, 0.29) is 0 Å². The van der Waals surface area contributed by atoms with Crippen LogP contribution in [0.5, 0.6) is 0 Å². The highest BCUT2D eigenvalue weighted by atomic mass is 15.1. The van der Waals surface area contributed by atoms with Crippen molar-refractivity contribution in [1.29, 1.82) is 0 Å². The quantitative estimate of drug-likeness (QED) is 0.0702. The summed E-state index contributed by atoms with van der Waals surface area (Å²) in [4.78, 5) is 4.76. The first-order valence-corrected chi connectivity index (χ1v) is 39.8. The molecule has 0 saturated carbocycles. The van der Waals surface area contributed by atoms with Crippen LogP contribution in [0.15, 0.2) is 408 Å². The molecule has 2 heteroatoms. The van der Waals surface area contributed by atoms with Crippen LogP contribution < -0.4 is 9.80 Å². The summed E-state index contributed by atoms with van der Waals surface area (Å²) in [5, 5.41) is 2.49. The topological polar surface area (TPSA) is 6.48 Å². The molecule has 0 fully saturated rings. The van der Waals surface area contributed by atoms with Gasteiger partial charge in [0.2, 0.25) is 0 Å². The molecule has 0 aliphatic heterocycles. The molecule has 0 unspecified atom stereocenters. The summed E-state index contributed by atoms with van der Waals surface area (Å²) in [7, 11) is 0. The molecule has 0 bridgehead atoms. The molecule has 0 amide bonds. The summed E-state index contributed by atoms with van der Waals surface area (Å²) >= 11 is 0. The van der Waals surface area contributed by atoms with E-state index >= 15 is 0 Å². The summed E-state index contributed by atoms with van der Waals surface area (Å²) in [5.41, 5.74) is 38.3. The molecule has 15 aromatic carbocycles. The van der Waals surface area contributed by atoms with Gasteiger partial charge in [0.1, 0.15) is 0 Å². The smallest absolute Gasteiger partial charge is 0.0468 e. The molecule has 0 atom stereocenters. The highest BCUT2D eigenvalue weighted by Crippen LogP contribution is 2.46. The molecule has 0 N–H and O–H groups in total. The SMILES string of the molecule is C/C=C\c1cc(-c2ccc(N(c3ccc(-c4ccc5c(c4)CCC=C5)cc3)c3ccc(-c4cccc(C5=CCCC=C5)c4)c(-c4ccccc4)c3)cc2)ccc1C.C=C/C=C(\C=C)c1ccc(-c2ccc(N(c3ccc(-c4ccc(C)c(/C=C\C)c4)cc3)c3ccc(-c4ccc5ccccc5c4)cc3)cc2-c2ccccc2)cc1. The van der Waals surface area contributed by atoms with Gasteiger partial charge in [-0.2, -0.15) is 0 Å². The van der Waals surface area contributed by atoms with Gasteiger partial charge in [0.15, 0.2) is 0 Å². The van der Waals surface area contributed by atoms with E-state index < -0.39 is 0 Å². The van der Waals surface area contributed by atoms with Crippen molar-refractivity contribution in [2.45, 2.75) is 53.4 Å². The first-order valence-electron chi connectivity index (χ1n) is 39.8. The number of benzene rings is 15. The lowest BCUT2D eigenvalue weighted by atomic mass is 9.91. The van der Waals surface area contributed by atoms with E-state index in [1.54, 1.807) is 6.08 Å². The molecule has 0 saturated heterocycles. The average molecular weight is 1470 g/mol. The van der Waals surface area contributed by atoms with Gasteiger partial charge >= 0.3 is 0 Å². The van der Waals surface area contributed by atoms with Crippen molar-refractivity contribution < 1.29 is 0 Å². The standard InChI is InChI=1S/C56H47N.C56H45N/c1-3-13-46-36-49(23-22-40(46)2)43-26-30-52(31-27-43)57(53-32-28-44(29-33-53)50-25-24-42-16-10-11-19-47(42)37-50)54-34-35-55(56(39-54)45-17-8-5-9-18-45)51-21-12-20-48(38-51)41-14-6-4-7-15-41;1-5-13-41(7-3)43-21-24-47(25-22-43)55-36-35-54(39-56(55)46-16-9-8-10-17-46)57(52-31-27-44(28-32-52)50-20-19-40(4)48(37-50)14-6-2)53-33-29-45(30-34-53)51-26-23-42-15-11-12-18-49(42)38-51/h3,5-6,8-10,12-18,20-39H,4,7,11,19H2,1-2H3;5-39H,1,3H2,2,4H3/b13-3-;14-6-,41-13+. The number of nitrogens with zero attached hydrogens (tertiary/aromatic N) is 2. The fourth-order valence-corrected chi connectivity index (χ4v) is 16.0. The van der Waals surface area contributed by atoms with Gasteiger partial charge in [0, 0.05) is 34.1 Å². The van der Waals surface area contributed by atoms with E-state index in [2.05, 4.69) is 445 Å². The number of hydrogen-bond donors (Lipinski definition) is 0. The summed E-state index contributed by atoms with van der Waals surface area (Å²) in [6.07, 6.45) is 30.1. The Labute approximate surface area is 674 Å². The van der Waals surface area contributed by atoms with Crippen molar-refractivity contribution in [2.75, 3.05) is 9.80 Å². The van der Waals surface area contributed by atoms with Crippen LogP contribution in [-0.2, 0) is 6.42 Å². The largest absolute Gasteiger partial charge is 0.310 e. The number of anilines is 6. The Morgan fingerprint density at radius 1 is 0.316 bits per heavy atom. The minimum absolute atomic E-state index is 1.05. The van der Waals surface area contributed by atoms with Gasteiger partial charge in [-0.1, -0.05) is 329 Å². The van der Waals surface area contributed by atoms with Crippen molar-refractivity contribution in [1.82, 2.24) is 0 Å². The first-order chi connectivity index (χ1) is 56.1. The monoisotopic (exact) mass is 1460 g/mol. The molecule has 0 spiro atoms. The van der Waals surface area contributed by atoms with E-state index in [0.29, 0.717) is 0 Å². The van der Waals surface area contributed by atoms with Gasteiger partial charge in [-0.3, -0.25) is 0 Å². The van der Waals surface area contributed by atoms with Crippen LogP contribution in [0, 0.1) is 13.8 Å². The van der Waals surface area contributed by atoms with Crippen LogP contribution >= 0.6 is 0 Å². The summed E-state index contributed by atoms with van der Waals surface area (Å²) < 4.78 is 0. The van der Waals surface area contributed by atoms with Crippen LogP contribution in [0.4, 0.5) is 34.1 Å². The molecule has 2 aliphatic rings. The Hall–Kier alpha value is -13.9. The summed E-state index contributed by atoms with van der Waals surface area (Å²) in [6, 6.07) is 125. The number of fused-ring (bicyclic) bond motifs is 2. The Balaban J connectivity index is 0.000000172. The maximum Gasteiger partial charge on any atom is 0.0468 e. The fourth-order valence-electron chi connectivity index (χ4n) is 16.0. The van der Waals surface area contributed by atoms with Crippen LogP contribution in [0.3, 0.4) is 0 Å². The molecule has 15 aromatic rings. The Bertz CT molecular complexity index is 6180. The molecule has 2 nitrogen and oxygen atoms in total. The van der Waals surface area contributed by atoms with Crippen molar-refractivity contribution in [2.24, 2.45) is 0 Å². The van der Waals surface area contributed by atoms with Gasteiger partial charge in [0.05, 0.1) is 0 Å². The van der Waals surface area contributed by atoms with E-state index in [1.807, 2.05) is 12.2 Å². The number of aryl methyl sites for hydroxylation is 3. The second-order valence-electron chi connectivity index (χ2n) is 29.5. The zero-order chi connectivity index (χ0) is 77.7. The van der Waals surface area contributed by atoms with Gasteiger partial charge in [-0.15, -0.1) is 0 Å². The third kappa shape index (κ3) is 16.4. The van der Waals surface area contributed by atoms with Gasteiger partial charge in [0.25, 0.3) is 0 Å². The highest BCUT2D eigenvalue weighted by Gasteiger charge is 2.22. The normalized spacial score (nSPS) is 12.5. The van der Waals surface area contributed by atoms with Gasteiger partial charge in [-0.05, 0) is 306 Å². The van der Waals surface area contributed by atoms with E-state index in [9.17, 15) is 0 Å². The maximum atomic E-state index is 4.01. The van der Waals surface area contributed by atoms with Gasteiger partial charge < -0.3 is 9.80 Å². The van der Waals surface area contributed by atoms with Crippen LogP contribution in [0.2, 0.25) is 0 Å². The molecule has 17 rings (SSSR count). The van der Waals surface area contributed by atoms with Crippen molar-refractivity contribution in [3.63, 3.8) is 0 Å². The third-order valence-corrected chi connectivity index (χ3v) is 22.1. The third-order valence-electron chi connectivity index (χ3n) is 22.1. The highest BCUT2D eigenvalue weighted by molar-refractivity contribution is 5.94. The van der Waals surface area contributed by atoms with Gasteiger partial charge in [-0.25, -0.2) is 0 Å². The van der Waals surface area contributed by atoms with E-state index in [0.717, 1.165) is 87.6 Å². The van der Waals surface area contributed by atoms with Crippen molar-refractivity contribution >= 4 is 74.3 Å². The maximum absolute atomic E-state index is 4.01. The molecule has 0 heterocycles. The molecule has 2 aliphatic carbocycles.